The molecule has 0 aliphatic heterocycles. The zero-order valence-electron chi connectivity index (χ0n) is 7.32. The quantitative estimate of drug-likeness (QED) is 0.701. The predicted octanol–water partition coefficient (Wildman–Crippen LogP) is 2.16. The van der Waals surface area contributed by atoms with Gasteiger partial charge < -0.3 is 15.3 Å². The molecule has 1 unspecified atom stereocenters. The number of fused-ring (bicyclic) bond motifs is 1. The first-order valence-corrected chi connectivity index (χ1v) is 4.15. The van der Waals surface area contributed by atoms with Crippen molar-refractivity contribution in [3.05, 3.63) is 30.0 Å². The fraction of sp³-hybridized carbons (Fsp3) is 0.200. The number of aromatic hydroxyl groups is 1. The molecular weight excluding hydrogens is 166 g/mol. The predicted molar refractivity (Wildman–Crippen MR) is 50.5 cm³/mol. The van der Waals surface area contributed by atoms with Crippen LogP contribution in [-0.2, 0) is 0 Å². The van der Waals surface area contributed by atoms with Gasteiger partial charge in [-0.15, -0.1) is 0 Å². The van der Waals surface area contributed by atoms with Crippen LogP contribution in [0.2, 0.25) is 0 Å². The number of hydrogen-bond acceptors (Lipinski definition) is 3. The number of nitrogens with two attached hydrogens (primary N) is 1. The van der Waals surface area contributed by atoms with Gasteiger partial charge in [-0.05, 0) is 25.1 Å². The molecule has 3 heteroatoms. The Morgan fingerprint density at radius 2 is 2.23 bits per heavy atom. The van der Waals surface area contributed by atoms with E-state index in [4.69, 9.17) is 10.2 Å². The maximum Gasteiger partial charge on any atom is 0.138 e. The topological polar surface area (TPSA) is 59.4 Å². The van der Waals surface area contributed by atoms with Gasteiger partial charge in [-0.2, -0.15) is 0 Å². The maximum absolute atomic E-state index is 9.47. The standard InChI is InChI=1S/C10H11NO2/c1-6(11)10-5-7-8(12)3-2-4-9(7)13-10/h2-6,12H,11H2,1H3. The fourth-order valence-corrected chi connectivity index (χ4v) is 1.29. The minimum Gasteiger partial charge on any atom is -0.507 e. The molecule has 0 bridgehead atoms. The second kappa shape index (κ2) is 2.78. The molecule has 0 aliphatic rings. The van der Waals surface area contributed by atoms with Crippen LogP contribution < -0.4 is 5.73 Å². The van der Waals surface area contributed by atoms with Crippen molar-refractivity contribution >= 4 is 11.0 Å². The van der Waals surface area contributed by atoms with Crippen LogP contribution in [0, 0.1) is 0 Å². The molecule has 2 aromatic rings. The van der Waals surface area contributed by atoms with Crippen LogP contribution >= 0.6 is 0 Å². The molecule has 1 atom stereocenters. The highest BCUT2D eigenvalue weighted by molar-refractivity contribution is 5.84. The first-order valence-electron chi connectivity index (χ1n) is 4.15. The largest absolute Gasteiger partial charge is 0.507 e. The van der Waals surface area contributed by atoms with Crippen molar-refractivity contribution in [3.8, 4) is 5.75 Å². The van der Waals surface area contributed by atoms with Crippen molar-refractivity contribution in [2.24, 2.45) is 5.73 Å². The second-order valence-corrected chi connectivity index (χ2v) is 3.13. The van der Waals surface area contributed by atoms with Crippen molar-refractivity contribution in [2.75, 3.05) is 0 Å². The highest BCUT2D eigenvalue weighted by Gasteiger charge is 2.09. The number of phenolic OH excluding ortho intramolecular Hbond substituents is 1. The van der Waals surface area contributed by atoms with Crippen LogP contribution in [0.15, 0.2) is 28.7 Å². The summed E-state index contributed by atoms with van der Waals surface area (Å²) in [4.78, 5) is 0. The van der Waals surface area contributed by atoms with E-state index < -0.39 is 0 Å². The van der Waals surface area contributed by atoms with Gasteiger partial charge in [-0.3, -0.25) is 0 Å². The molecule has 0 saturated heterocycles. The zero-order chi connectivity index (χ0) is 9.42. The molecule has 0 radical (unpaired) electrons. The Hall–Kier alpha value is -1.48. The van der Waals surface area contributed by atoms with Crippen molar-refractivity contribution in [2.45, 2.75) is 13.0 Å². The van der Waals surface area contributed by atoms with Crippen molar-refractivity contribution in [1.82, 2.24) is 0 Å². The van der Waals surface area contributed by atoms with Gasteiger partial charge in [-0.1, -0.05) is 6.07 Å². The van der Waals surface area contributed by atoms with E-state index in [9.17, 15) is 5.11 Å². The van der Waals surface area contributed by atoms with Crippen molar-refractivity contribution < 1.29 is 9.52 Å². The summed E-state index contributed by atoms with van der Waals surface area (Å²) in [6.07, 6.45) is 0. The van der Waals surface area contributed by atoms with Crippen LogP contribution in [0.25, 0.3) is 11.0 Å². The number of furan rings is 1. The third-order valence-electron chi connectivity index (χ3n) is 2.01. The van der Waals surface area contributed by atoms with E-state index in [0.717, 1.165) is 5.39 Å². The molecule has 0 amide bonds. The fourth-order valence-electron chi connectivity index (χ4n) is 1.29. The van der Waals surface area contributed by atoms with E-state index in [2.05, 4.69) is 0 Å². The normalized spacial score (nSPS) is 13.4. The van der Waals surface area contributed by atoms with Gasteiger partial charge in [0.25, 0.3) is 0 Å². The Bertz CT molecular complexity index is 431. The van der Waals surface area contributed by atoms with Gasteiger partial charge >= 0.3 is 0 Å². The number of phenols is 1. The minimum absolute atomic E-state index is 0.146. The molecule has 3 nitrogen and oxygen atoms in total. The molecule has 68 valence electrons. The van der Waals surface area contributed by atoms with Crippen LogP contribution in [0.1, 0.15) is 18.7 Å². The van der Waals surface area contributed by atoms with E-state index in [-0.39, 0.29) is 11.8 Å². The van der Waals surface area contributed by atoms with E-state index in [1.54, 1.807) is 24.3 Å². The van der Waals surface area contributed by atoms with Gasteiger partial charge in [0.05, 0.1) is 11.4 Å². The summed E-state index contributed by atoms with van der Waals surface area (Å²) in [6.45, 7) is 1.84. The lowest BCUT2D eigenvalue weighted by atomic mass is 10.2. The third kappa shape index (κ3) is 1.27. The number of hydrogen-bond donors (Lipinski definition) is 2. The highest BCUT2D eigenvalue weighted by atomic mass is 16.3. The van der Waals surface area contributed by atoms with E-state index in [1.807, 2.05) is 6.92 Å². The summed E-state index contributed by atoms with van der Waals surface area (Å²) in [6, 6.07) is 6.80. The Kier molecular flexibility index (Phi) is 1.74. The molecule has 0 aliphatic carbocycles. The Labute approximate surface area is 75.8 Å². The SMILES string of the molecule is CC(N)c1cc2c(O)cccc2o1. The Morgan fingerprint density at radius 1 is 1.46 bits per heavy atom. The molecule has 1 aromatic heterocycles. The lowest BCUT2D eigenvalue weighted by Gasteiger charge is -1.96. The van der Waals surface area contributed by atoms with E-state index in [1.165, 1.54) is 0 Å². The van der Waals surface area contributed by atoms with Crippen LogP contribution in [-0.4, -0.2) is 5.11 Å². The van der Waals surface area contributed by atoms with Gasteiger partial charge in [0, 0.05) is 0 Å². The summed E-state index contributed by atoms with van der Waals surface area (Å²) in [5.74, 6) is 0.921. The summed E-state index contributed by atoms with van der Waals surface area (Å²) in [7, 11) is 0. The molecule has 3 N–H and O–H groups in total. The molecule has 0 fully saturated rings. The maximum atomic E-state index is 9.47. The zero-order valence-corrected chi connectivity index (χ0v) is 7.32. The van der Waals surface area contributed by atoms with Crippen LogP contribution in [0.4, 0.5) is 0 Å². The van der Waals surface area contributed by atoms with E-state index in [0.29, 0.717) is 11.3 Å². The summed E-state index contributed by atoms with van der Waals surface area (Å²) >= 11 is 0. The molecule has 0 spiro atoms. The third-order valence-corrected chi connectivity index (χ3v) is 2.01. The molecule has 1 heterocycles. The monoisotopic (exact) mass is 177 g/mol. The molecular formula is C10H11NO2. The lowest BCUT2D eigenvalue weighted by Crippen LogP contribution is -2.02. The molecule has 13 heavy (non-hydrogen) atoms. The molecule has 0 saturated carbocycles. The van der Waals surface area contributed by atoms with Crippen molar-refractivity contribution in [3.63, 3.8) is 0 Å². The second-order valence-electron chi connectivity index (χ2n) is 3.13. The Balaban J connectivity index is 2.68. The van der Waals surface area contributed by atoms with Gasteiger partial charge in [0.2, 0.25) is 0 Å². The summed E-state index contributed by atoms with van der Waals surface area (Å²) in [5.41, 5.74) is 6.33. The lowest BCUT2D eigenvalue weighted by molar-refractivity contribution is 0.480. The van der Waals surface area contributed by atoms with Crippen LogP contribution in [0.5, 0.6) is 5.75 Å². The molecule has 2 rings (SSSR count). The summed E-state index contributed by atoms with van der Waals surface area (Å²) in [5, 5.41) is 10.2. The number of rotatable bonds is 1. The average molecular weight is 177 g/mol. The summed E-state index contributed by atoms with van der Waals surface area (Å²) < 4.78 is 5.43. The van der Waals surface area contributed by atoms with Gasteiger partial charge in [0.15, 0.2) is 0 Å². The average Bonchev–Trinajstić information content (AvgIpc) is 2.49. The minimum atomic E-state index is -0.146. The Morgan fingerprint density at radius 3 is 2.85 bits per heavy atom. The molecule has 1 aromatic carbocycles. The van der Waals surface area contributed by atoms with Crippen LogP contribution in [0.3, 0.4) is 0 Å². The van der Waals surface area contributed by atoms with E-state index >= 15 is 0 Å². The first-order chi connectivity index (χ1) is 6.18. The first kappa shape index (κ1) is 8.13. The highest BCUT2D eigenvalue weighted by Crippen LogP contribution is 2.29. The number of benzene rings is 1. The smallest absolute Gasteiger partial charge is 0.138 e. The van der Waals surface area contributed by atoms with Gasteiger partial charge in [-0.25, -0.2) is 0 Å². The van der Waals surface area contributed by atoms with Gasteiger partial charge in [0.1, 0.15) is 17.1 Å². The van der Waals surface area contributed by atoms with Crippen molar-refractivity contribution in [1.29, 1.82) is 0 Å².